The average Bonchev–Trinajstić information content (AvgIpc) is 2.47. The normalized spacial score (nSPS) is 21.7. The van der Waals surface area contributed by atoms with E-state index in [0.29, 0.717) is 5.92 Å². The van der Waals surface area contributed by atoms with Crippen LogP contribution in [0.1, 0.15) is 34.6 Å². The third kappa shape index (κ3) is 4.68. The Balaban J connectivity index is 2.82. The molecule has 0 aromatic heterocycles. The van der Waals surface area contributed by atoms with E-state index in [-0.39, 0.29) is 11.6 Å². The van der Waals surface area contributed by atoms with E-state index in [0.717, 1.165) is 25.4 Å². The molecule has 0 spiro atoms. The predicted molar refractivity (Wildman–Crippen MR) is 95.3 cm³/mol. The fourth-order valence-corrected chi connectivity index (χ4v) is 2.42. The van der Waals surface area contributed by atoms with Crippen LogP contribution in [0.2, 0.25) is 0 Å². The van der Waals surface area contributed by atoms with Crippen LogP contribution in [0.5, 0.6) is 0 Å². The van der Waals surface area contributed by atoms with E-state index in [2.05, 4.69) is 82.4 Å². The number of hydrogen-bond donors (Lipinski definition) is 0. The fraction of sp³-hybridized carbons (Fsp3) is 0.722. The molecule has 0 radical (unpaired) electrons. The van der Waals surface area contributed by atoms with Crippen LogP contribution in [0.25, 0.3) is 0 Å². The van der Waals surface area contributed by atoms with Crippen LogP contribution in [-0.4, -0.2) is 62.0 Å². The van der Waals surface area contributed by atoms with Crippen LogP contribution < -0.4 is 0 Å². The van der Waals surface area contributed by atoms with E-state index >= 15 is 0 Å². The van der Waals surface area contributed by atoms with Crippen molar-refractivity contribution in [2.45, 2.75) is 46.3 Å². The van der Waals surface area contributed by atoms with Gasteiger partial charge in [0.15, 0.2) is 0 Å². The highest BCUT2D eigenvalue weighted by Crippen LogP contribution is 2.24. The standard InChI is InChI=1S/C18H33N3O/c1-14(2)16(19-6)10-9-15(3)21-11-12-22-17(13-21)18(4,5)20(7)8/h9-10,14,17H,6,11-13H2,1-5,7-8H3/b15-9+,16-10-. The topological polar surface area (TPSA) is 28.1 Å². The first-order chi connectivity index (χ1) is 10.2. The molecular weight excluding hydrogens is 274 g/mol. The second-order valence-electron chi connectivity index (χ2n) is 7.07. The molecule has 1 fully saturated rings. The van der Waals surface area contributed by atoms with E-state index in [4.69, 9.17) is 4.74 Å². The molecule has 0 saturated carbocycles. The van der Waals surface area contributed by atoms with Gasteiger partial charge in [-0.2, -0.15) is 0 Å². The lowest BCUT2D eigenvalue weighted by Crippen LogP contribution is -2.57. The van der Waals surface area contributed by atoms with Crippen LogP contribution >= 0.6 is 0 Å². The Morgan fingerprint density at radius 1 is 1.36 bits per heavy atom. The SMILES string of the molecule is C=N/C(=C\C=C(/C)N1CCOC(C(C)(C)N(C)C)C1)C(C)C. The van der Waals surface area contributed by atoms with Crippen LogP contribution in [-0.2, 0) is 4.74 Å². The highest BCUT2D eigenvalue weighted by Gasteiger charge is 2.36. The first-order valence-corrected chi connectivity index (χ1v) is 8.09. The number of allylic oxidation sites excluding steroid dienone is 4. The minimum atomic E-state index is 0.0144. The van der Waals surface area contributed by atoms with Gasteiger partial charge in [0.2, 0.25) is 0 Å². The fourth-order valence-electron chi connectivity index (χ4n) is 2.42. The summed E-state index contributed by atoms with van der Waals surface area (Å²) in [6, 6.07) is 0. The number of nitrogens with zero attached hydrogens (tertiary/aromatic N) is 3. The van der Waals surface area contributed by atoms with Gasteiger partial charge in [0.1, 0.15) is 0 Å². The molecular formula is C18H33N3O. The molecule has 1 rings (SSSR count). The Bertz CT molecular complexity index is 436. The van der Waals surface area contributed by atoms with Gasteiger partial charge in [-0.1, -0.05) is 13.8 Å². The number of morpholine rings is 1. The van der Waals surface area contributed by atoms with Gasteiger partial charge in [-0.3, -0.25) is 4.99 Å². The van der Waals surface area contributed by atoms with Gasteiger partial charge in [0.25, 0.3) is 0 Å². The molecule has 126 valence electrons. The largest absolute Gasteiger partial charge is 0.373 e. The first-order valence-electron chi connectivity index (χ1n) is 8.09. The van der Waals surface area contributed by atoms with E-state index in [1.165, 1.54) is 5.70 Å². The Kier molecular flexibility index (Phi) is 6.82. The summed E-state index contributed by atoms with van der Waals surface area (Å²) < 4.78 is 6.01. The van der Waals surface area contributed by atoms with Crippen molar-refractivity contribution in [3.8, 4) is 0 Å². The summed E-state index contributed by atoms with van der Waals surface area (Å²) in [6.45, 7) is 17.2. The zero-order valence-electron chi connectivity index (χ0n) is 15.4. The number of aliphatic imine (C=N–C) groups is 1. The van der Waals surface area contributed by atoms with Gasteiger partial charge in [-0.05, 0) is 59.7 Å². The molecule has 1 atom stereocenters. The smallest absolute Gasteiger partial charge is 0.0928 e. The van der Waals surface area contributed by atoms with Crippen LogP contribution in [0.4, 0.5) is 0 Å². The number of rotatable bonds is 6. The molecule has 4 nitrogen and oxygen atoms in total. The lowest BCUT2D eigenvalue weighted by molar-refractivity contribution is -0.0855. The van der Waals surface area contributed by atoms with Crippen molar-refractivity contribution in [3.63, 3.8) is 0 Å². The maximum absolute atomic E-state index is 6.01. The molecule has 0 amide bonds. The lowest BCUT2D eigenvalue weighted by Gasteiger charge is -2.45. The molecule has 1 aliphatic heterocycles. The van der Waals surface area contributed by atoms with Gasteiger partial charge in [-0.25, -0.2) is 0 Å². The molecule has 0 aromatic rings. The van der Waals surface area contributed by atoms with Crippen molar-refractivity contribution in [1.29, 1.82) is 0 Å². The zero-order chi connectivity index (χ0) is 16.9. The van der Waals surface area contributed by atoms with Crippen LogP contribution in [0, 0.1) is 5.92 Å². The third-order valence-corrected chi connectivity index (χ3v) is 4.78. The highest BCUT2D eigenvalue weighted by atomic mass is 16.5. The molecule has 22 heavy (non-hydrogen) atoms. The summed E-state index contributed by atoms with van der Waals surface area (Å²) in [6.07, 6.45) is 4.43. The number of ether oxygens (including phenoxy) is 1. The zero-order valence-corrected chi connectivity index (χ0v) is 15.4. The van der Waals surface area contributed by atoms with Gasteiger partial charge in [-0.15, -0.1) is 0 Å². The Morgan fingerprint density at radius 3 is 2.50 bits per heavy atom. The van der Waals surface area contributed by atoms with Crippen molar-refractivity contribution in [1.82, 2.24) is 9.80 Å². The summed E-state index contributed by atoms with van der Waals surface area (Å²) >= 11 is 0. The summed E-state index contributed by atoms with van der Waals surface area (Å²) in [4.78, 5) is 8.73. The highest BCUT2D eigenvalue weighted by molar-refractivity contribution is 5.31. The van der Waals surface area contributed by atoms with E-state index in [1.54, 1.807) is 0 Å². The quantitative estimate of drug-likeness (QED) is 0.557. The summed E-state index contributed by atoms with van der Waals surface area (Å²) in [7, 11) is 4.22. The van der Waals surface area contributed by atoms with Crippen molar-refractivity contribution in [3.05, 3.63) is 23.5 Å². The van der Waals surface area contributed by atoms with E-state index in [1.807, 2.05) is 0 Å². The van der Waals surface area contributed by atoms with Gasteiger partial charge in [0, 0.05) is 30.0 Å². The van der Waals surface area contributed by atoms with Crippen molar-refractivity contribution in [2.75, 3.05) is 33.8 Å². The third-order valence-electron chi connectivity index (χ3n) is 4.78. The Hall–Kier alpha value is -1.13. The summed E-state index contributed by atoms with van der Waals surface area (Å²) in [5.41, 5.74) is 2.29. The van der Waals surface area contributed by atoms with Crippen molar-refractivity contribution >= 4 is 6.72 Å². The monoisotopic (exact) mass is 307 g/mol. The molecule has 1 aliphatic rings. The molecule has 0 N–H and O–H groups in total. The van der Waals surface area contributed by atoms with Crippen molar-refractivity contribution < 1.29 is 4.74 Å². The summed E-state index contributed by atoms with van der Waals surface area (Å²) in [5.74, 6) is 0.395. The minimum Gasteiger partial charge on any atom is -0.373 e. The molecule has 4 heteroatoms. The second kappa shape index (κ2) is 7.93. The Morgan fingerprint density at radius 2 is 2.00 bits per heavy atom. The maximum Gasteiger partial charge on any atom is 0.0928 e. The number of hydrogen-bond acceptors (Lipinski definition) is 4. The molecule has 0 bridgehead atoms. The van der Waals surface area contributed by atoms with Crippen LogP contribution in [0.3, 0.4) is 0 Å². The molecule has 0 aliphatic carbocycles. The van der Waals surface area contributed by atoms with Crippen LogP contribution in [0.15, 0.2) is 28.5 Å². The second-order valence-corrected chi connectivity index (χ2v) is 7.07. The predicted octanol–water partition coefficient (Wildman–Crippen LogP) is 3.17. The van der Waals surface area contributed by atoms with Gasteiger partial charge >= 0.3 is 0 Å². The molecule has 1 saturated heterocycles. The van der Waals surface area contributed by atoms with Gasteiger partial charge < -0.3 is 14.5 Å². The van der Waals surface area contributed by atoms with E-state index in [9.17, 15) is 0 Å². The number of likely N-dealkylation sites (N-methyl/N-ethyl adjacent to an activating group) is 1. The maximum atomic E-state index is 6.01. The molecule has 1 unspecified atom stereocenters. The van der Waals surface area contributed by atoms with E-state index < -0.39 is 0 Å². The average molecular weight is 307 g/mol. The molecule has 0 aromatic carbocycles. The van der Waals surface area contributed by atoms with Crippen molar-refractivity contribution in [2.24, 2.45) is 10.9 Å². The Labute approximate surface area is 136 Å². The lowest BCUT2D eigenvalue weighted by atomic mass is 9.94. The minimum absolute atomic E-state index is 0.0144. The first kappa shape index (κ1) is 18.9. The molecule has 1 heterocycles. The van der Waals surface area contributed by atoms with Gasteiger partial charge in [0.05, 0.1) is 12.7 Å². The summed E-state index contributed by atoms with van der Waals surface area (Å²) in [5, 5.41) is 0.